The summed E-state index contributed by atoms with van der Waals surface area (Å²) in [4.78, 5) is 14.8. The third-order valence-corrected chi connectivity index (χ3v) is 4.62. The van der Waals surface area contributed by atoms with Gasteiger partial charge in [0.05, 0.1) is 4.92 Å². The molecule has 0 radical (unpaired) electrons. The second kappa shape index (κ2) is 4.55. The Balaban J connectivity index is 1.60. The molecule has 5 nitrogen and oxygen atoms in total. The third-order valence-electron chi connectivity index (χ3n) is 4.62. The molecular formula is C16H15N3O2. The van der Waals surface area contributed by atoms with Crippen LogP contribution in [0.3, 0.4) is 0 Å². The van der Waals surface area contributed by atoms with Crippen molar-refractivity contribution in [3.8, 4) is 0 Å². The molecule has 1 aromatic carbocycles. The number of aryl methyl sites for hydroxylation is 1. The molecule has 2 aromatic rings. The van der Waals surface area contributed by atoms with Gasteiger partial charge in [-0.1, -0.05) is 24.3 Å². The highest BCUT2D eigenvalue weighted by molar-refractivity contribution is 5.58. The molecule has 106 valence electrons. The second-order valence-electron chi connectivity index (χ2n) is 5.73. The molecule has 4 rings (SSSR count). The number of rotatable bonds is 3. The van der Waals surface area contributed by atoms with Crippen LogP contribution in [0, 0.1) is 16.0 Å². The lowest BCUT2D eigenvalue weighted by Gasteiger charge is -2.13. The van der Waals surface area contributed by atoms with Crippen LogP contribution in [0.25, 0.3) is 0 Å². The number of nitro groups is 1. The van der Waals surface area contributed by atoms with Crippen molar-refractivity contribution in [2.75, 3.05) is 5.32 Å². The fraction of sp³-hybridized carbons (Fsp3) is 0.312. The lowest BCUT2D eigenvalue weighted by Crippen LogP contribution is -2.09. The van der Waals surface area contributed by atoms with E-state index >= 15 is 0 Å². The van der Waals surface area contributed by atoms with Gasteiger partial charge >= 0.3 is 5.69 Å². The molecule has 1 aromatic heterocycles. The highest BCUT2D eigenvalue weighted by atomic mass is 16.6. The Kier molecular flexibility index (Phi) is 2.67. The van der Waals surface area contributed by atoms with Gasteiger partial charge in [0.1, 0.15) is 0 Å². The number of pyridine rings is 1. The molecular weight excluding hydrogens is 266 g/mol. The number of nitrogens with zero attached hydrogens (tertiary/aromatic N) is 2. The molecule has 0 amide bonds. The van der Waals surface area contributed by atoms with E-state index in [2.05, 4.69) is 34.6 Å². The largest absolute Gasteiger partial charge is 0.361 e. The maximum Gasteiger partial charge on any atom is 0.311 e. The molecule has 0 bridgehead atoms. The van der Waals surface area contributed by atoms with Gasteiger partial charge in [0.15, 0.2) is 0 Å². The van der Waals surface area contributed by atoms with Gasteiger partial charge in [0.2, 0.25) is 5.82 Å². The van der Waals surface area contributed by atoms with Crippen LogP contribution >= 0.6 is 0 Å². The van der Waals surface area contributed by atoms with Gasteiger partial charge in [-0.05, 0) is 36.0 Å². The first-order chi connectivity index (χ1) is 10.3. The van der Waals surface area contributed by atoms with Crippen LogP contribution in [-0.2, 0) is 6.42 Å². The topological polar surface area (TPSA) is 68.1 Å². The predicted molar refractivity (Wildman–Crippen MR) is 79.3 cm³/mol. The Bertz CT molecular complexity index is 716. The lowest BCUT2D eigenvalue weighted by atomic mass is 9.92. The second-order valence-corrected chi connectivity index (χ2v) is 5.73. The minimum absolute atomic E-state index is 0.0504. The Morgan fingerprint density at radius 3 is 2.95 bits per heavy atom. The summed E-state index contributed by atoms with van der Waals surface area (Å²) in [7, 11) is 0. The number of benzene rings is 1. The zero-order valence-electron chi connectivity index (χ0n) is 11.4. The van der Waals surface area contributed by atoms with E-state index < -0.39 is 0 Å². The molecule has 21 heavy (non-hydrogen) atoms. The van der Waals surface area contributed by atoms with Gasteiger partial charge < -0.3 is 5.32 Å². The van der Waals surface area contributed by atoms with Gasteiger partial charge in [-0.3, -0.25) is 10.1 Å². The number of hydrogen-bond donors (Lipinski definition) is 1. The average Bonchev–Trinajstić information content (AvgIpc) is 3.21. The van der Waals surface area contributed by atoms with Crippen LogP contribution in [-0.4, -0.2) is 15.9 Å². The van der Waals surface area contributed by atoms with E-state index in [1.807, 2.05) is 0 Å². The minimum Gasteiger partial charge on any atom is -0.361 e. The molecule has 2 aliphatic rings. The number of aromatic nitrogens is 1. The van der Waals surface area contributed by atoms with Crippen LogP contribution in [0.4, 0.5) is 11.5 Å². The Hall–Kier alpha value is -2.43. The molecule has 1 fully saturated rings. The van der Waals surface area contributed by atoms with Crippen molar-refractivity contribution in [1.29, 1.82) is 0 Å². The van der Waals surface area contributed by atoms with Crippen molar-refractivity contribution in [3.05, 3.63) is 63.8 Å². The smallest absolute Gasteiger partial charge is 0.311 e. The standard InChI is InChI=1S/C16H15N3O2/c20-19(21)13-6-3-9-17-16(13)18-15-12-8-7-10-4-1-2-5-11(10)14(12)15/h1-6,9,12,14-15H,7-8H2,(H,17,18). The number of hydrogen-bond acceptors (Lipinski definition) is 4. The lowest BCUT2D eigenvalue weighted by molar-refractivity contribution is -0.384. The van der Waals surface area contributed by atoms with E-state index in [-0.39, 0.29) is 16.7 Å². The van der Waals surface area contributed by atoms with Crippen molar-refractivity contribution in [2.45, 2.75) is 24.8 Å². The first kappa shape index (κ1) is 12.3. The summed E-state index contributed by atoms with van der Waals surface area (Å²) in [6, 6.07) is 11.9. The van der Waals surface area contributed by atoms with Crippen LogP contribution in [0.2, 0.25) is 0 Å². The first-order valence-corrected chi connectivity index (χ1v) is 7.19. The molecule has 1 saturated carbocycles. The summed E-state index contributed by atoms with van der Waals surface area (Å²) in [5, 5.41) is 14.4. The van der Waals surface area contributed by atoms with E-state index in [1.54, 1.807) is 12.3 Å². The van der Waals surface area contributed by atoms with Crippen LogP contribution < -0.4 is 5.32 Å². The average molecular weight is 281 g/mol. The van der Waals surface area contributed by atoms with Crippen molar-refractivity contribution in [2.24, 2.45) is 5.92 Å². The summed E-state index contributed by atoms with van der Waals surface area (Å²) in [6.45, 7) is 0. The van der Waals surface area contributed by atoms with Crippen molar-refractivity contribution in [3.63, 3.8) is 0 Å². The molecule has 0 saturated heterocycles. The molecule has 5 heteroatoms. The maximum atomic E-state index is 11.1. The Labute approximate surface area is 122 Å². The molecule has 0 spiro atoms. The van der Waals surface area contributed by atoms with Gasteiger partial charge in [-0.2, -0.15) is 0 Å². The summed E-state index contributed by atoms with van der Waals surface area (Å²) in [5.74, 6) is 1.43. The summed E-state index contributed by atoms with van der Waals surface area (Å²) >= 11 is 0. The van der Waals surface area contributed by atoms with Crippen LogP contribution in [0.15, 0.2) is 42.6 Å². The van der Waals surface area contributed by atoms with Crippen molar-refractivity contribution < 1.29 is 4.92 Å². The monoisotopic (exact) mass is 281 g/mol. The Morgan fingerprint density at radius 1 is 1.24 bits per heavy atom. The van der Waals surface area contributed by atoms with E-state index in [0.717, 1.165) is 12.8 Å². The summed E-state index contributed by atoms with van der Waals surface area (Å²) in [5.41, 5.74) is 2.86. The van der Waals surface area contributed by atoms with Crippen LogP contribution in [0.1, 0.15) is 23.5 Å². The van der Waals surface area contributed by atoms with Gasteiger partial charge in [-0.25, -0.2) is 4.98 Å². The maximum absolute atomic E-state index is 11.1. The van der Waals surface area contributed by atoms with E-state index in [9.17, 15) is 10.1 Å². The first-order valence-electron chi connectivity index (χ1n) is 7.19. The number of fused-ring (bicyclic) bond motifs is 3. The fourth-order valence-corrected chi connectivity index (χ4v) is 3.58. The molecule has 1 heterocycles. The fourth-order valence-electron chi connectivity index (χ4n) is 3.58. The quantitative estimate of drug-likeness (QED) is 0.693. The highest BCUT2D eigenvalue weighted by Crippen LogP contribution is 2.55. The van der Waals surface area contributed by atoms with Gasteiger partial charge in [0.25, 0.3) is 0 Å². The third kappa shape index (κ3) is 1.96. The van der Waals surface area contributed by atoms with E-state index in [0.29, 0.717) is 17.7 Å². The molecule has 3 unspecified atom stereocenters. The normalized spacial score (nSPS) is 25.6. The molecule has 2 aliphatic carbocycles. The Morgan fingerprint density at radius 2 is 2.10 bits per heavy atom. The van der Waals surface area contributed by atoms with E-state index in [1.165, 1.54) is 17.2 Å². The van der Waals surface area contributed by atoms with Crippen LogP contribution in [0.5, 0.6) is 0 Å². The highest BCUT2D eigenvalue weighted by Gasteiger charge is 2.53. The SMILES string of the molecule is O=[N+]([O-])c1cccnc1NC1C2CCc3ccccc3C21. The summed E-state index contributed by atoms with van der Waals surface area (Å²) in [6.07, 6.45) is 3.83. The summed E-state index contributed by atoms with van der Waals surface area (Å²) < 4.78 is 0. The predicted octanol–water partition coefficient (Wildman–Crippen LogP) is 3.13. The van der Waals surface area contributed by atoms with E-state index in [4.69, 9.17) is 0 Å². The van der Waals surface area contributed by atoms with Crippen molar-refractivity contribution >= 4 is 11.5 Å². The number of nitrogens with one attached hydrogen (secondary N) is 1. The number of anilines is 1. The molecule has 1 N–H and O–H groups in total. The van der Waals surface area contributed by atoms with Crippen molar-refractivity contribution in [1.82, 2.24) is 4.98 Å². The van der Waals surface area contributed by atoms with Gasteiger partial charge in [0, 0.05) is 24.2 Å². The zero-order valence-corrected chi connectivity index (χ0v) is 11.4. The minimum atomic E-state index is -0.380. The molecule has 3 atom stereocenters. The zero-order chi connectivity index (χ0) is 14.4. The van der Waals surface area contributed by atoms with Gasteiger partial charge in [-0.15, -0.1) is 0 Å². The molecule has 0 aliphatic heterocycles.